The van der Waals surface area contributed by atoms with Crippen LogP contribution in [0.15, 0.2) is 54.1 Å². The van der Waals surface area contributed by atoms with E-state index in [1.165, 1.54) is 81.8 Å². The van der Waals surface area contributed by atoms with E-state index in [2.05, 4.69) is 80.6 Å². The van der Waals surface area contributed by atoms with Gasteiger partial charge >= 0.3 is 0 Å². The summed E-state index contributed by atoms with van der Waals surface area (Å²) in [4.78, 5) is 16.9. The second kappa shape index (κ2) is 20.2. The largest absolute Gasteiger partial charge is 0.493 e. The van der Waals surface area contributed by atoms with Gasteiger partial charge in [-0.25, -0.2) is 0 Å². The third-order valence-electron chi connectivity index (χ3n) is 8.04. The van der Waals surface area contributed by atoms with Gasteiger partial charge in [-0.1, -0.05) is 117 Å². The molecule has 0 saturated heterocycles. The molecular weight excluding hydrogens is 616 g/mol. The molecule has 1 aliphatic heterocycles. The molecule has 240 valence electrons. The maximum atomic E-state index is 12.8. The fourth-order valence-corrected chi connectivity index (χ4v) is 6.26. The predicted octanol–water partition coefficient (Wildman–Crippen LogP) is 11.2. The Bertz CT molecular complexity index is 1110. The molecule has 0 saturated carbocycles. The number of carbonyl (C=O) groups is 1. The minimum absolute atomic E-state index is 0. The van der Waals surface area contributed by atoms with Crippen LogP contribution in [0.5, 0.6) is 5.75 Å². The highest BCUT2D eigenvalue weighted by atomic mass is 79.9. The molecule has 0 spiro atoms. The Morgan fingerprint density at radius 3 is 2.12 bits per heavy atom. The van der Waals surface area contributed by atoms with Crippen molar-refractivity contribution in [3.05, 3.63) is 70.8 Å². The molecule has 43 heavy (non-hydrogen) atoms. The summed E-state index contributed by atoms with van der Waals surface area (Å²) >= 11 is 1.81. The molecule has 1 aliphatic rings. The highest BCUT2D eigenvalue weighted by molar-refractivity contribution is 8.93. The molecular formula is C37H57BrN2O2S. The molecule has 0 aliphatic carbocycles. The molecule has 0 N–H and O–H groups in total. The fraction of sp³-hybridized carbons (Fsp3) is 0.595. The van der Waals surface area contributed by atoms with Gasteiger partial charge in [0.15, 0.2) is 0 Å². The maximum Gasteiger partial charge on any atom is 0.224 e. The number of carbonyl (C=O) groups excluding carboxylic acids is 1. The summed E-state index contributed by atoms with van der Waals surface area (Å²) < 4.78 is 6.33. The van der Waals surface area contributed by atoms with E-state index >= 15 is 0 Å². The Balaban J connectivity index is 0.00000645. The molecule has 2 aromatic carbocycles. The van der Waals surface area contributed by atoms with Gasteiger partial charge < -0.3 is 14.5 Å². The second-order valence-electron chi connectivity index (χ2n) is 12.9. The first-order chi connectivity index (χ1) is 20.3. The van der Waals surface area contributed by atoms with Gasteiger partial charge in [-0.05, 0) is 58.2 Å². The quantitative estimate of drug-likeness (QED) is 0.139. The Kier molecular flexibility index (Phi) is 17.5. The van der Waals surface area contributed by atoms with Gasteiger partial charge in [0.25, 0.3) is 0 Å². The minimum Gasteiger partial charge on any atom is -0.493 e. The fourth-order valence-electron chi connectivity index (χ4n) is 5.55. The van der Waals surface area contributed by atoms with Crippen molar-refractivity contribution in [2.24, 2.45) is 0 Å². The minimum atomic E-state index is -0.0515. The van der Waals surface area contributed by atoms with E-state index in [-0.39, 0.29) is 28.3 Å². The van der Waals surface area contributed by atoms with E-state index in [1.54, 1.807) is 18.7 Å². The summed E-state index contributed by atoms with van der Waals surface area (Å²) in [7, 11) is 0. The van der Waals surface area contributed by atoms with Crippen molar-refractivity contribution in [3.8, 4) is 5.75 Å². The van der Waals surface area contributed by atoms with E-state index < -0.39 is 0 Å². The van der Waals surface area contributed by atoms with Crippen molar-refractivity contribution >= 4 is 40.3 Å². The molecule has 4 nitrogen and oxygen atoms in total. The molecule has 0 bridgehead atoms. The second-order valence-corrected chi connectivity index (χ2v) is 13.8. The van der Waals surface area contributed by atoms with E-state index in [0.717, 1.165) is 42.4 Å². The maximum absolute atomic E-state index is 12.8. The summed E-state index contributed by atoms with van der Waals surface area (Å²) in [5, 5.41) is 2.13. The molecule has 1 heterocycles. The number of unbranched alkanes of at least 4 members (excludes halogenated alkanes) is 11. The van der Waals surface area contributed by atoms with Crippen LogP contribution >= 0.6 is 28.7 Å². The summed E-state index contributed by atoms with van der Waals surface area (Å²) in [6.07, 6.45) is 18.3. The van der Waals surface area contributed by atoms with Gasteiger partial charge in [0.2, 0.25) is 5.91 Å². The number of halogens is 1. The average molecular weight is 674 g/mol. The van der Waals surface area contributed by atoms with Crippen LogP contribution < -0.4 is 9.64 Å². The van der Waals surface area contributed by atoms with Crippen LogP contribution in [0.3, 0.4) is 0 Å². The zero-order valence-electron chi connectivity index (χ0n) is 27.5. The first-order valence-electron chi connectivity index (χ1n) is 16.4. The molecule has 3 rings (SSSR count). The molecule has 0 atom stereocenters. The van der Waals surface area contributed by atoms with E-state index in [0.29, 0.717) is 6.54 Å². The molecule has 2 aromatic rings. The number of hydrogen-bond donors (Lipinski definition) is 0. The number of hydrogen-bond acceptors (Lipinski definition) is 4. The third-order valence-corrected chi connectivity index (χ3v) is 8.84. The van der Waals surface area contributed by atoms with E-state index in [9.17, 15) is 4.79 Å². The predicted molar refractivity (Wildman–Crippen MR) is 192 cm³/mol. The summed E-state index contributed by atoms with van der Waals surface area (Å²) in [6.45, 7) is 12.8. The van der Waals surface area contributed by atoms with Gasteiger partial charge in [0.1, 0.15) is 5.75 Å². The lowest BCUT2D eigenvalue weighted by atomic mass is 9.85. The van der Waals surface area contributed by atoms with Crippen LogP contribution in [0.25, 0.3) is 0 Å². The highest BCUT2D eigenvalue weighted by Gasteiger charge is 2.21. The zero-order valence-corrected chi connectivity index (χ0v) is 30.1. The summed E-state index contributed by atoms with van der Waals surface area (Å²) in [6, 6.07) is 14.9. The summed E-state index contributed by atoms with van der Waals surface area (Å²) in [5.41, 5.74) is 4.43. The topological polar surface area (TPSA) is 32.8 Å². The Hall–Kier alpha value is -1.92. The zero-order chi connectivity index (χ0) is 30.2. The van der Waals surface area contributed by atoms with Gasteiger partial charge in [0, 0.05) is 25.4 Å². The van der Waals surface area contributed by atoms with Gasteiger partial charge in [-0.3, -0.25) is 4.79 Å². The number of ether oxygens (including phenoxy) is 1. The Labute approximate surface area is 277 Å². The van der Waals surface area contributed by atoms with Crippen molar-refractivity contribution in [1.29, 1.82) is 0 Å². The Morgan fingerprint density at radius 1 is 0.884 bits per heavy atom. The number of amides is 1. The lowest BCUT2D eigenvalue weighted by molar-refractivity contribution is -0.116. The lowest BCUT2D eigenvalue weighted by Gasteiger charge is -2.26. The normalized spacial score (nSPS) is 12.8. The number of benzene rings is 2. The first kappa shape index (κ1) is 37.3. The molecule has 0 aromatic heterocycles. The van der Waals surface area contributed by atoms with Gasteiger partial charge in [-0.15, -0.1) is 28.7 Å². The first-order valence-corrected chi connectivity index (χ1v) is 17.5. The number of anilines is 1. The molecule has 0 fully saturated rings. The monoisotopic (exact) mass is 672 g/mol. The van der Waals surface area contributed by atoms with Crippen LogP contribution in [0.4, 0.5) is 5.69 Å². The lowest BCUT2D eigenvalue weighted by Crippen LogP contribution is -2.28. The molecule has 0 unspecified atom stereocenters. The highest BCUT2D eigenvalue weighted by Crippen LogP contribution is 2.33. The van der Waals surface area contributed by atoms with Crippen molar-refractivity contribution in [3.63, 3.8) is 0 Å². The van der Waals surface area contributed by atoms with E-state index in [1.807, 2.05) is 11.0 Å². The standard InChI is InChI=1S/C37H56N2O2S.BrH/c1-6-7-8-9-10-11-12-13-14-15-16-17-24-41-36-22-21-33(27-35(36)37(3,4)5)29-39(31(2)40)34-20-18-19-32(26-34)28-38-23-25-42-30-38;/h18-23,25-27H,6-17,24,28-30H2,1-5H3;1H. The van der Waals surface area contributed by atoms with Crippen molar-refractivity contribution < 1.29 is 9.53 Å². The van der Waals surface area contributed by atoms with Crippen LogP contribution in [0.1, 0.15) is 128 Å². The van der Waals surface area contributed by atoms with Crippen molar-refractivity contribution in [1.82, 2.24) is 4.90 Å². The van der Waals surface area contributed by atoms with Crippen LogP contribution in [0, 0.1) is 0 Å². The van der Waals surface area contributed by atoms with Crippen molar-refractivity contribution in [2.75, 3.05) is 17.4 Å². The van der Waals surface area contributed by atoms with E-state index in [4.69, 9.17) is 4.74 Å². The van der Waals surface area contributed by atoms with Crippen LogP contribution in [-0.4, -0.2) is 23.3 Å². The molecule has 1 amide bonds. The summed E-state index contributed by atoms with van der Waals surface area (Å²) in [5.74, 6) is 2.00. The Morgan fingerprint density at radius 2 is 1.53 bits per heavy atom. The third kappa shape index (κ3) is 13.7. The van der Waals surface area contributed by atoms with Gasteiger partial charge in [-0.2, -0.15) is 0 Å². The smallest absolute Gasteiger partial charge is 0.224 e. The van der Waals surface area contributed by atoms with Crippen molar-refractivity contribution in [2.45, 2.75) is 130 Å². The van der Waals surface area contributed by atoms with Crippen LogP contribution in [-0.2, 0) is 23.3 Å². The SMILES string of the molecule is Br.CCCCCCCCCCCCCCOc1ccc(CN(C(C)=O)c2cccc(CN3C=CSC3)c2)cc1C(C)(C)C. The number of rotatable bonds is 19. The number of thioether (sulfide) groups is 1. The van der Waals surface area contributed by atoms with Crippen LogP contribution in [0.2, 0.25) is 0 Å². The molecule has 6 heteroatoms. The average Bonchev–Trinajstić information content (AvgIpc) is 3.47. The number of nitrogens with zero attached hydrogens (tertiary/aromatic N) is 2. The molecule has 0 radical (unpaired) electrons. The van der Waals surface area contributed by atoms with Gasteiger partial charge in [0.05, 0.1) is 19.0 Å².